The Labute approximate surface area is 178 Å². The van der Waals surface area contributed by atoms with Gasteiger partial charge in [0.1, 0.15) is 30.7 Å². The topological polar surface area (TPSA) is 154 Å². The van der Waals surface area contributed by atoms with Gasteiger partial charge in [-0.05, 0) is 42.9 Å². The van der Waals surface area contributed by atoms with Gasteiger partial charge < -0.3 is 40.5 Å². The van der Waals surface area contributed by atoms with Crippen LogP contribution in [0.5, 0.6) is 6.01 Å². The molecule has 12 heteroatoms. The fraction of sp³-hybridized carbons (Fsp3) is 0.500. The minimum atomic E-state index is -1.48. The van der Waals surface area contributed by atoms with Crippen LogP contribution < -0.4 is 15.4 Å². The lowest BCUT2D eigenvalue weighted by Gasteiger charge is -2.40. The van der Waals surface area contributed by atoms with Crippen LogP contribution in [0.1, 0.15) is 13.3 Å². The van der Waals surface area contributed by atoms with E-state index in [9.17, 15) is 20.4 Å². The van der Waals surface area contributed by atoms with E-state index in [4.69, 9.17) is 21.7 Å². The van der Waals surface area contributed by atoms with Crippen molar-refractivity contribution in [2.45, 2.75) is 44.0 Å². The van der Waals surface area contributed by atoms with Crippen molar-refractivity contribution < 1.29 is 29.9 Å². The van der Waals surface area contributed by atoms with Crippen molar-refractivity contribution in [2.75, 3.05) is 18.5 Å². The van der Waals surface area contributed by atoms with E-state index in [0.29, 0.717) is 18.3 Å². The molecular weight excluding hydrogens is 414 g/mol. The predicted octanol–water partition coefficient (Wildman–Crippen LogP) is -0.858. The molecule has 11 nitrogen and oxygen atoms in total. The summed E-state index contributed by atoms with van der Waals surface area (Å²) in [5, 5.41) is 49.0. The summed E-state index contributed by atoms with van der Waals surface area (Å²) in [4.78, 5) is 4.09. The predicted molar refractivity (Wildman–Crippen MR) is 110 cm³/mol. The first-order valence-electron chi connectivity index (χ1n) is 9.46. The van der Waals surface area contributed by atoms with Crippen molar-refractivity contribution in [2.24, 2.45) is 0 Å². The van der Waals surface area contributed by atoms with Crippen LogP contribution in [0.4, 0.5) is 5.69 Å². The lowest BCUT2D eigenvalue weighted by molar-refractivity contribution is -0.232. The second kappa shape index (κ2) is 10.1. The van der Waals surface area contributed by atoms with Crippen LogP contribution in [-0.2, 0) is 4.74 Å². The van der Waals surface area contributed by atoms with Gasteiger partial charge in [-0.15, -0.1) is 5.10 Å². The normalized spacial score (nSPS) is 26.2. The van der Waals surface area contributed by atoms with E-state index in [2.05, 4.69) is 20.7 Å². The Morgan fingerprint density at radius 2 is 1.93 bits per heavy atom. The molecule has 1 saturated heterocycles. The second-order valence-electron chi connectivity index (χ2n) is 6.71. The summed E-state index contributed by atoms with van der Waals surface area (Å²) in [6.45, 7) is 2.03. The summed E-state index contributed by atoms with van der Waals surface area (Å²) >= 11 is 5.22. The van der Waals surface area contributed by atoms with Crippen LogP contribution in [0, 0.1) is 0 Å². The number of aliphatic hydroxyl groups is 4. The smallest absolute Gasteiger partial charge is 0.335 e. The van der Waals surface area contributed by atoms with Gasteiger partial charge in [0.05, 0.1) is 18.9 Å². The molecule has 5 atom stereocenters. The summed E-state index contributed by atoms with van der Waals surface area (Å²) in [5.74, 6) is 0. The van der Waals surface area contributed by atoms with Crippen molar-refractivity contribution in [1.29, 1.82) is 0 Å². The van der Waals surface area contributed by atoms with Gasteiger partial charge in [0.15, 0.2) is 11.3 Å². The summed E-state index contributed by atoms with van der Waals surface area (Å²) in [5.41, 5.74) is 1.43. The zero-order valence-electron chi connectivity index (χ0n) is 16.3. The Hall–Kier alpha value is -2.35. The van der Waals surface area contributed by atoms with E-state index in [1.807, 2.05) is 6.92 Å². The van der Waals surface area contributed by atoms with E-state index >= 15 is 0 Å². The monoisotopic (exact) mass is 439 g/mol. The van der Waals surface area contributed by atoms with Gasteiger partial charge in [-0.2, -0.15) is 4.98 Å². The highest BCUT2D eigenvalue weighted by atomic mass is 32.1. The number of hydrogen-bond donors (Lipinski definition) is 6. The Kier molecular flexibility index (Phi) is 7.53. The van der Waals surface area contributed by atoms with Crippen molar-refractivity contribution >= 4 is 23.0 Å². The molecule has 6 N–H and O–H groups in total. The third kappa shape index (κ3) is 5.22. The molecule has 3 rings (SSSR count). The van der Waals surface area contributed by atoms with Gasteiger partial charge in [0.2, 0.25) is 0 Å². The first-order valence-corrected chi connectivity index (χ1v) is 9.86. The number of aromatic nitrogens is 3. The van der Waals surface area contributed by atoms with Gasteiger partial charge in [-0.3, -0.25) is 0 Å². The van der Waals surface area contributed by atoms with E-state index in [-0.39, 0.29) is 5.11 Å². The van der Waals surface area contributed by atoms with Crippen LogP contribution in [0.2, 0.25) is 0 Å². The Morgan fingerprint density at radius 3 is 2.60 bits per heavy atom. The number of ether oxygens (including phenoxy) is 2. The molecule has 164 valence electrons. The largest absolute Gasteiger partial charge is 0.462 e. The average molecular weight is 439 g/mol. The second-order valence-corrected chi connectivity index (χ2v) is 7.12. The first-order chi connectivity index (χ1) is 14.4. The molecule has 0 radical (unpaired) electrons. The van der Waals surface area contributed by atoms with Crippen molar-refractivity contribution in [1.82, 2.24) is 20.1 Å². The Morgan fingerprint density at radius 1 is 1.20 bits per heavy atom. The highest BCUT2D eigenvalue weighted by Crippen LogP contribution is 2.20. The van der Waals surface area contributed by atoms with Gasteiger partial charge in [0, 0.05) is 5.69 Å². The highest BCUT2D eigenvalue weighted by Gasteiger charge is 2.43. The summed E-state index contributed by atoms with van der Waals surface area (Å²) in [7, 11) is 0. The maximum Gasteiger partial charge on any atom is 0.335 e. The molecule has 1 aliphatic heterocycles. The molecule has 1 fully saturated rings. The molecule has 1 aliphatic rings. The van der Waals surface area contributed by atoms with Crippen LogP contribution >= 0.6 is 12.2 Å². The number of nitrogens with zero attached hydrogens (tertiary/aromatic N) is 3. The lowest BCUT2D eigenvalue weighted by atomic mass is 9.98. The van der Waals surface area contributed by atoms with Crippen molar-refractivity contribution in [3.63, 3.8) is 0 Å². The Bertz CT molecular complexity index is 833. The third-order valence-corrected chi connectivity index (χ3v) is 4.68. The zero-order chi connectivity index (χ0) is 21.7. The van der Waals surface area contributed by atoms with Crippen molar-refractivity contribution in [3.8, 4) is 11.7 Å². The fourth-order valence-electron chi connectivity index (χ4n) is 2.85. The zero-order valence-corrected chi connectivity index (χ0v) is 17.1. The molecule has 0 saturated carbocycles. The molecule has 30 heavy (non-hydrogen) atoms. The minimum absolute atomic E-state index is 0.128. The molecule has 1 aromatic carbocycles. The Balaban J connectivity index is 1.57. The first kappa shape index (κ1) is 22.3. The summed E-state index contributed by atoms with van der Waals surface area (Å²) < 4.78 is 12.3. The average Bonchev–Trinajstić information content (AvgIpc) is 3.22. The number of hydrogen-bond acceptors (Lipinski definition) is 9. The standard InChI is InChI=1S/C18H25N5O6S/c1-2-7-28-17-19-9-23(22-17)11-5-3-10(4-6-11)20-18(30)21-16-15(27)14(26)13(25)12(8-24)29-16/h3-6,9,12-16,24-27H,2,7-8H2,1H3,(H2,20,21,30)/t12-,13-,14+,15-,16-/m1/s1. The van der Waals surface area contributed by atoms with Crippen molar-refractivity contribution in [3.05, 3.63) is 30.6 Å². The lowest BCUT2D eigenvalue weighted by Crippen LogP contribution is -2.63. The molecule has 0 bridgehead atoms. The molecule has 1 aromatic heterocycles. The molecule has 0 unspecified atom stereocenters. The van der Waals surface area contributed by atoms with Crippen LogP contribution in [-0.4, -0.2) is 84.2 Å². The number of rotatable bonds is 7. The minimum Gasteiger partial charge on any atom is -0.462 e. The quantitative estimate of drug-likeness (QED) is 0.299. The van der Waals surface area contributed by atoms with Gasteiger partial charge >= 0.3 is 6.01 Å². The molecule has 0 amide bonds. The van der Waals surface area contributed by atoms with Gasteiger partial charge in [-0.1, -0.05) is 6.92 Å². The van der Waals surface area contributed by atoms with E-state index in [1.165, 1.54) is 0 Å². The molecular formula is C18H25N5O6S. The number of thiocarbonyl (C=S) groups is 1. The van der Waals surface area contributed by atoms with E-state index in [0.717, 1.165) is 12.1 Å². The molecule has 2 aromatic rings. The van der Waals surface area contributed by atoms with Crippen LogP contribution in [0.25, 0.3) is 5.69 Å². The molecule has 0 spiro atoms. The number of anilines is 1. The van der Waals surface area contributed by atoms with Gasteiger partial charge in [0.25, 0.3) is 0 Å². The molecule has 2 heterocycles. The van der Waals surface area contributed by atoms with E-state index in [1.54, 1.807) is 35.3 Å². The summed E-state index contributed by atoms with van der Waals surface area (Å²) in [6, 6.07) is 7.45. The third-order valence-electron chi connectivity index (χ3n) is 4.46. The maximum atomic E-state index is 10.1. The highest BCUT2D eigenvalue weighted by molar-refractivity contribution is 7.80. The maximum absolute atomic E-state index is 10.1. The fourth-order valence-corrected chi connectivity index (χ4v) is 3.08. The van der Waals surface area contributed by atoms with Gasteiger partial charge in [-0.25, -0.2) is 4.68 Å². The van der Waals surface area contributed by atoms with Crippen LogP contribution in [0.15, 0.2) is 30.6 Å². The number of benzene rings is 1. The summed E-state index contributed by atoms with van der Waals surface area (Å²) in [6.07, 6.45) is -4.04. The molecule has 0 aliphatic carbocycles. The number of nitrogens with one attached hydrogen (secondary N) is 2. The van der Waals surface area contributed by atoms with Crippen LogP contribution in [0.3, 0.4) is 0 Å². The SMILES string of the molecule is CCCOc1ncn(-c2ccc(NC(=S)N[C@@H]3O[C@H](CO)[C@@H](O)[C@H](O)[C@H]3O)cc2)n1. The number of aliphatic hydroxyl groups excluding tert-OH is 4. The van der Waals surface area contributed by atoms with E-state index < -0.39 is 37.3 Å².